The standard InChI is InChI=1S/C10H11F4NO/c11-8-3-1-7(2-4-8)9(16)5-15-6-10(12,13)14/h1-4,9,15-16H,5-6H2. The number of rotatable bonds is 4. The minimum atomic E-state index is -4.30. The van der Waals surface area contributed by atoms with E-state index >= 15 is 0 Å². The van der Waals surface area contributed by atoms with Gasteiger partial charge in [0, 0.05) is 6.54 Å². The lowest BCUT2D eigenvalue weighted by molar-refractivity contribution is -0.125. The maximum absolute atomic E-state index is 12.5. The molecule has 0 fully saturated rings. The van der Waals surface area contributed by atoms with Crippen molar-refractivity contribution in [3.05, 3.63) is 35.6 Å². The molecule has 0 saturated heterocycles. The molecule has 90 valence electrons. The zero-order valence-electron chi connectivity index (χ0n) is 8.26. The summed E-state index contributed by atoms with van der Waals surface area (Å²) in [6, 6.07) is 4.94. The Hall–Kier alpha value is -1.14. The Kier molecular flexibility index (Phi) is 4.26. The highest BCUT2D eigenvalue weighted by molar-refractivity contribution is 5.18. The first-order valence-electron chi connectivity index (χ1n) is 4.59. The van der Waals surface area contributed by atoms with E-state index in [-0.39, 0.29) is 6.54 Å². The molecule has 1 unspecified atom stereocenters. The number of aliphatic hydroxyl groups is 1. The number of hydrogen-bond donors (Lipinski definition) is 2. The van der Waals surface area contributed by atoms with Gasteiger partial charge in [-0.25, -0.2) is 4.39 Å². The molecule has 0 spiro atoms. The molecule has 0 aromatic heterocycles. The van der Waals surface area contributed by atoms with Crippen molar-refractivity contribution in [2.24, 2.45) is 0 Å². The fourth-order valence-electron chi connectivity index (χ4n) is 1.15. The lowest BCUT2D eigenvalue weighted by Gasteiger charge is -2.13. The Morgan fingerprint density at radius 2 is 1.75 bits per heavy atom. The first-order chi connectivity index (χ1) is 7.38. The van der Waals surface area contributed by atoms with Gasteiger partial charge in [-0.1, -0.05) is 12.1 Å². The molecule has 6 heteroatoms. The van der Waals surface area contributed by atoms with Gasteiger partial charge in [0.05, 0.1) is 12.6 Å². The van der Waals surface area contributed by atoms with Crippen LogP contribution in [0.2, 0.25) is 0 Å². The second kappa shape index (κ2) is 5.27. The summed E-state index contributed by atoms with van der Waals surface area (Å²) in [6.45, 7) is -1.39. The first-order valence-corrected chi connectivity index (χ1v) is 4.59. The van der Waals surface area contributed by atoms with Crippen LogP contribution in [0, 0.1) is 5.82 Å². The number of alkyl halides is 3. The molecule has 0 heterocycles. The SMILES string of the molecule is OC(CNCC(F)(F)F)c1ccc(F)cc1. The van der Waals surface area contributed by atoms with E-state index in [0.717, 1.165) is 12.1 Å². The van der Waals surface area contributed by atoms with Crippen molar-refractivity contribution in [1.29, 1.82) is 0 Å². The molecule has 0 aliphatic heterocycles. The molecule has 16 heavy (non-hydrogen) atoms. The van der Waals surface area contributed by atoms with Gasteiger partial charge in [-0.2, -0.15) is 13.2 Å². The quantitative estimate of drug-likeness (QED) is 0.785. The van der Waals surface area contributed by atoms with E-state index in [2.05, 4.69) is 5.32 Å². The molecule has 1 aromatic carbocycles. The second-order valence-electron chi connectivity index (χ2n) is 3.31. The van der Waals surface area contributed by atoms with Crippen molar-refractivity contribution in [2.45, 2.75) is 12.3 Å². The lowest BCUT2D eigenvalue weighted by Crippen LogP contribution is -2.31. The van der Waals surface area contributed by atoms with Crippen molar-refractivity contribution in [3.8, 4) is 0 Å². The average Bonchev–Trinajstić information content (AvgIpc) is 2.16. The summed E-state index contributed by atoms with van der Waals surface area (Å²) in [7, 11) is 0. The maximum atomic E-state index is 12.5. The fraction of sp³-hybridized carbons (Fsp3) is 0.400. The van der Waals surface area contributed by atoms with E-state index in [0.29, 0.717) is 5.56 Å². The molecule has 0 aliphatic carbocycles. The van der Waals surface area contributed by atoms with E-state index < -0.39 is 24.6 Å². The van der Waals surface area contributed by atoms with Crippen LogP contribution < -0.4 is 5.32 Å². The van der Waals surface area contributed by atoms with Gasteiger partial charge >= 0.3 is 6.18 Å². The molecule has 0 radical (unpaired) electrons. The molecule has 1 atom stereocenters. The van der Waals surface area contributed by atoms with Gasteiger partial charge in [-0.15, -0.1) is 0 Å². The van der Waals surface area contributed by atoms with Gasteiger partial charge in [0.15, 0.2) is 0 Å². The summed E-state index contributed by atoms with van der Waals surface area (Å²) >= 11 is 0. The van der Waals surface area contributed by atoms with Gasteiger partial charge in [0.25, 0.3) is 0 Å². The fourth-order valence-corrected chi connectivity index (χ4v) is 1.15. The van der Waals surface area contributed by atoms with E-state index in [4.69, 9.17) is 0 Å². The summed E-state index contributed by atoms with van der Waals surface area (Å²) < 4.78 is 47.8. The molecule has 1 rings (SSSR count). The molecule has 0 aliphatic rings. The third-order valence-electron chi connectivity index (χ3n) is 1.92. The van der Waals surface area contributed by atoms with Gasteiger partial charge in [0.1, 0.15) is 5.82 Å². The van der Waals surface area contributed by atoms with Crippen LogP contribution in [-0.4, -0.2) is 24.4 Å². The normalized spacial score (nSPS) is 13.8. The molecule has 2 nitrogen and oxygen atoms in total. The highest BCUT2D eigenvalue weighted by atomic mass is 19.4. The van der Waals surface area contributed by atoms with Crippen molar-refractivity contribution >= 4 is 0 Å². The van der Waals surface area contributed by atoms with Crippen LogP contribution in [0.4, 0.5) is 17.6 Å². The number of benzene rings is 1. The minimum absolute atomic E-state index is 0.231. The summed E-state index contributed by atoms with van der Waals surface area (Å²) in [6.07, 6.45) is -5.38. The van der Waals surface area contributed by atoms with E-state index in [1.807, 2.05) is 0 Å². The van der Waals surface area contributed by atoms with Crippen LogP contribution >= 0.6 is 0 Å². The number of halogens is 4. The third-order valence-corrected chi connectivity index (χ3v) is 1.92. The predicted molar refractivity (Wildman–Crippen MR) is 50.3 cm³/mol. The summed E-state index contributed by atoms with van der Waals surface area (Å²) in [5.41, 5.74) is 0.371. The molecule has 2 N–H and O–H groups in total. The van der Waals surface area contributed by atoms with Crippen molar-refractivity contribution in [2.75, 3.05) is 13.1 Å². The van der Waals surface area contributed by atoms with Gasteiger partial charge < -0.3 is 10.4 Å². The molecule has 0 amide bonds. The Morgan fingerprint density at radius 1 is 1.19 bits per heavy atom. The van der Waals surface area contributed by atoms with Gasteiger partial charge in [-0.3, -0.25) is 0 Å². The summed E-state index contributed by atoms with van der Waals surface area (Å²) in [4.78, 5) is 0. The third kappa shape index (κ3) is 4.59. The van der Waals surface area contributed by atoms with Crippen LogP contribution in [0.15, 0.2) is 24.3 Å². The first kappa shape index (κ1) is 12.9. The van der Waals surface area contributed by atoms with Crippen LogP contribution in [0.3, 0.4) is 0 Å². The van der Waals surface area contributed by atoms with E-state index in [9.17, 15) is 22.7 Å². The molecular formula is C10H11F4NO. The van der Waals surface area contributed by atoms with Crippen molar-refractivity contribution in [3.63, 3.8) is 0 Å². The second-order valence-corrected chi connectivity index (χ2v) is 3.31. The number of hydrogen-bond acceptors (Lipinski definition) is 2. The molecular weight excluding hydrogens is 226 g/mol. The zero-order chi connectivity index (χ0) is 12.2. The molecule has 1 aromatic rings. The summed E-state index contributed by atoms with van der Waals surface area (Å²) in [5.74, 6) is -0.459. The minimum Gasteiger partial charge on any atom is -0.387 e. The monoisotopic (exact) mass is 237 g/mol. The zero-order valence-corrected chi connectivity index (χ0v) is 8.26. The van der Waals surface area contributed by atoms with Crippen LogP contribution in [0.25, 0.3) is 0 Å². The Balaban J connectivity index is 2.41. The number of nitrogens with one attached hydrogen (secondary N) is 1. The van der Waals surface area contributed by atoms with E-state index in [1.54, 1.807) is 0 Å². The van der Waals surface area contributed by atoms with Crippen molar-refractivity contribution in [1.82, 2.24) is 5.32 Å². The van der Waals surface area contributed by atoms with Crippen molar-refractivity contribution < 1.29 is 22.7 Å². The Bertz CT molecular complexity index is 323. The highest BCUT2D eigenvalue weighted by Gasteiger charge is 2.26. The highest BCUT2D eigenvalue weighted by Crippen LogP contribution is 2.15. The van der Waals surface area contributed by atoms with Crippen LogP contribution in [0.5, 0.6) is 0 Å². The summed E-state index contributed by atoms with van der Waals surface area (Å²) in [5, 5.41) is 11.5. The predicted octanol–water partition coefficient (Wildman–Crippen LogP) is 2.01. The Labute approximate surface area is 89.9 Å². The lowest BCUT2D eigenvalue weighted by atomic mass is 10.1. The smallest absolute Gasteiger partial charge is 0.387 e. The average molecular weight is 237 g/mol. The topological polar surface area (TPSA) is 32.3 Å². The molecule has 0 saturated carbocycles. The van der Waals surface area contributed by atoms with E-state index in [1.165, 1.54) is 12.1 Å². The van der Waals surface area contributed by atoms with Gasteiger partial charge in [-0.05, 0) is 17.7 Å². The maximum Gasteiger partial charge on any atom is 0.401 e. The molecule has 0 bridgehead atoms. The van der Waals surface area contributed by atoms with Crippen LogP contribution in [0.1, 0.15) is 11.7 Å². The van der Waals surface area contributed by atoms with Gasteiger partial charge in [0.2, 0.25) is 0 Å². The number of aliphatic hydroxyl groups excluding tert-OH is 1. The van der Waals surface area contributed by atoms with Crippen LogP contribution in [-0.2, 0) is 0 Å². The Morgan fingerprint density at radius 3 is 2.25 bits per heavy atom. The largest absolute Gasteiger partial charge is 0.401 e.